The van der Waals surface area contributed by atoms with Crippen molar-refractivity contribution in [3.63, 3.8) is 0 Å². The molecule has 0 amide bonds. The third-order valence-corrected chi connectivity index (χ3v) is 5.57. The molecule has 2 aromatic carbocycles. The van der Waals surface area contributed by atoms with Gasteiger partial charge in [0.05, 0.1) is 25.5 Å². The van der Waals surface area contributed by atoms with Crippen LogP contribution in [0.15, 0.2) is 53.1 Å². The number of nitrogens with zero attached hydrogens (tertiary/aromatic N) is 4. The lowest BCUT2D eigenvalue weighted by molar-refractivity contribution is 0.0421. The maximum absolute atomic E-state index is 12.8. The van der Waals surface area contributed by atoms with Crippen LogP contribution < -0.4 is 9.47 Å². The van der Waals surface area contributed by atoms with Crippen molar-refractivity contribution in [3.05, 3.63) is 71.4 Å². The first-order valence-corrected chi connectivity index (χ1v) is 10.6. The molecule has 2 aromatic heterocycles. The molecule has 0 bridgehead atoms. The highest BCUT2D eigenvalue weighted by Gasteiger charge is 2.28. The second-order valence-electron chi connectivity index (χ2n) is 7.53. The molecule has 0 spiro atoms. The fourth-order valence-corrected chi connectivity index (χ4v) is 3.99. The van der Waals surface area contributed by atoms with Gasteiger partial charge in [-0.15, -0.1) is 0 Å². The number of benzene rings is 2. The summed E-state index contributed by atoms with van der Waals surface area (Å²) in [6.07, 6.45) is 2.66. The van der Waals surface area contributed by atoms with E-state index in [-0.39, 0.29) is 12.5 Å². The van der Waals surface area contributed by atoms with E-state index in [9.17, 15) is 4.79 Å². The molecule has 0 saturated heterocycles. The summed E-state index contributed by atoms with van der Waals surface area (Å²) in [7, 11) is 3.13. The molecule has 2 heterocycles. The minimum Gasteiger partial charge on any atom is -0.497 e. The largest absolute Gasteiger partial charge is 0.497 e. The topological polar surface area (TPSA) is 102 Å². The summed E-state index contributed by atoms with van der Waals surface area (Å²) >= 11 is 0. The molecule has 0 saturated carbocycles. The number of rotatable bonds is 7. The summed E-state index contributed by atoms with van der Waals surface area (Å²) in [4.78, 5) is 17.2. The van der Waals surface area contributed by atoms with Crippen LogP contribution in [0.3, 0.4) is 0 Å². The summed E-state index contributed by atoms with van der Waals surface area (Å²) in [6.45, 7) is -0.155. The lowest BCUT2D eigenvalue weighted by atomic mass is 10.2. The first-order valence-electron chi connectivity index (χ1n) is 10.6. The highest BCUT2D eigenvalue weighted by Crippen LogP contribution is 2.32. The molecule has 5 rings (SSSR count). The molecule has 0 fully saturated rings. The SMILES string of the molecule is COc1ccc(-c2noc(COC(=O)c3nn(-c4ccccc4)c4c3CCC4)n2)c(OC)c1. The number of carbonyl (C=O) groups excluding carboxylic acids is 1. The third-order valence-electron chi connectivity index (χ3n) is 5.57. The van der Waals surface area contributed by atoms with Gasteiger partial charge in [-0.2, -0.15) is 10.1 Å². The van der Waals surface area contributed by atoms with Crippen LogP contribution in [-0.4, -0.2) is 40.1 Å². The first-order chi connectivity index (χ1) is 16.2. The average Bonchev–Trinajstić information content (AvgIpc) is 3.59. The van der Waals surface area contributed by atoms with E-state index in [1.807, 2.05) is 35.0 Å². The smallest absolute Gasteiger partial charge is 0.359 e. The average molecular weight is 446 g/mol. The van der Waals surface area contributed by atoms with Gasteiger partial charge in [-0.25, -0.2) is 9.48 Å². The molecule has 9 heteroatoms. The minimum atomic E-state index is -0.510. The van der Waals surface area contributed by atoms with Crippen molar-refractivity contribution in [3.8, 4) is 28.6 Å². The zero-order chi connectivity index (χ0) is 22.8. The van der Waals surface area contributed by atoms with Gasteiger partial charge in [-0.1, -0.05) is 23.4 Å². The van der Waals surface area contributed by atoms with Crippen LogP contribution in [0.25, 0.3) is 17.1 Å². The number of esters is 1. The Kier molecular flexibility index (Phi) is 5.52. The van der Waals surface area contributed by atoms with Gasteiger partial charge >= 0.3 is 5.97 Å². The number of ether oxygens (including phenoxy) is 3. The van der Waals surface area contributed by atoms with Crippen molar-refractivity contribution in [2.45, 2.75) is 25.9 Å². The minimum absolute atomic E-state index is 0.155. The van der Waals surface area contributed by atoms with E-state index in [2.05, 4.69) is 15.2 Å². The molecule has 0 atom stereocenters. The van der Waals surface area contributed by atoms with Crippen molar-refractivity contribution >= 4 is 5.97 Å². The number of hydrogen-bond donors (Lipinski definition) is 0. The maximum Gasteiger partial charge on any atom is 0.359 e. The Labute approximate surface area is 189 Å². The molecule has 0 radical (unpaired) electrons. The zero-order valence-electron chi connectivity index (χ0n) is 18.3. The Bertz CT molecular complexity index is 1300. The Morgan fingerprint density at radius 2 is 1.94 bits per heavy atom. The number of fused-ring (bicyclic) bond motifs is 1. The normalized spacial score (nSPS) is 12.4. The van der Waals surface area contributed by atoms with Crippen molar-refractivity contribution in [1.29, 1.82) is 0 Å². The van der Waals surface area contributed by atoms with Crippen molar-refractivity contribution in [2.24, 2.45) is 0 Å². The predicted octanol–water partition coefficient (Wildman–Crippen LogP) is 3.79. The number of para-hydroxylation sites is 1. The van der Waals surface area contributed by atoms with Crippen LogP contribution in [0.5, 0.6) is 11.5 Å². The van der Waals surface area contributed by atoms with Crippen LogP contribution in [0.2, 0.25) is 0 Å². The summed E-state index contributed by atoms with van der Waals surface area (Å²) in [6, 6.07) is 15.1. The number of methoxy groups -OCH3 is 2. The number of carbonyl (C=O) groups is 1. The Morgan fingerprint density at radius 3 is 2.73 bits per heavy atom. The highest BCUT2D eigenvalue weighted by atomic mass is 16.6. The Hall–Kier alpha value is -4.14. The van der Waals surface area contributed by atoms with Gasteiger partial charge in [0.2, 0.25) is 5.82 Å². The van der Waals surface area contributed by atoms with Crippen LogP contribution in [0.1, 0.15) is 34.1 Å². The van der Waals surface area contributed by atoms with E-state index in [0.29, 0.717) is 28.6 Å². The summed E-state index contributed by atoms with van der Waals surface area (Å²) in [5.41, 5.74) is 3.89. The van der Waals surface area contributed by atoms with Crippen LogP contribution in [-0.2, 0) is 24.2 Å². The monoisotopic (exact) mass is 446 g/mol. The maximum atomic E-state index is 12.8. The summed E-state index contributed by atoms with van der Waals surface area (Å²) in [5.74, 6) is 1.19. The van der Waals surface area contributed by atoms with Gasteiger partial charge < -0.3 is 18.7 Å². The molecule has 33 heavy (non-hydrogen) atoms. The molecule has 0 N–H and O–H groups in total. The summed E-state index contributed by atoms with van der Waals surface area (Å²) in [5, 5.41) is 8.54. The third kappa shape index (κ3) is 3.93. The molecular weight excluding hydrogens is 424 g/mol. The van der Waals surface area contributed by atoms with Gasteiger partial charge in [-0.05, 0) is 43.5 Å². The van der Waals surface area contributed by atoms with Crippen molar-refractivity contribution < 1.29 is 23.5 Å². The molecule has 1 aliphatic rings. The molecule has 0 unspecified atom stereocenters. The van der Waals surface area contributed by atoms with Gasteiger partial charge in [0, 0.05) is 17.3 Å². The molecule has 0 aliphatic heterocycles. The quantitative estimate of drug-likeness (QED) is 0.395. The van der Waals surface area contributed by atoms with Crippen LogP contribution >= 0.6 is 0 Å². The Morgan fingerprint density at radius 1 is 1.09 bits per heavy atom. The van der Waals surface area contributed by atoms with Gasteiger partial charge in [0.15, 0.2) is 12.3 Å². The molecule has 1 aliphatic carbocycles. The highest BCUT2D eigenvalue weighted by molar-refractivity contribution is 5.89. The number of hydrogen-bond acceptors (Lipinski definition) is 8. The zero-order valence-corrected chi connectivity index (χ0v) is 18.3. The van der Waals surface area contributed by atoms with Crippen molar-refractivity contribution in [2.75, 3.05) is 14.2 Å². The molecule has 4 aromatic rings. The van der Waals surface area contributed by atoms with Crippen LogP contribution in [0.4, 0.5) is 0 Å². The molecule has 168 valence electrons. The lowest BCUT2D eigenvalue weighted by Crippen LogP contribution is -2.09. The van der Waals surface area contributed by atoms with Gasteiger partial charge in [-0.3, -0.25) is 0 Å². The second-order valence-corrected chi connectivity index (χ2v) is 7.53. The Balaban J connectivity index is 1.33. The van der Waals surface area contributed by atoms with E-state index < -0.39 is 5.97 Å². The lowest BCUT2D eigenvalue weighted by Gasteiger charge is -2.07. The van der Waals surface area contributed by atoms with E-state index >= 15 is 0 Å². The fraction of sp³-hybridized carbons (Fsp3) is 0.250. The van der Waals surface area contributed by atoms with E-state index in [1.165, 1.54) is 0 Å². The standard InChI is InChI=1S/C24H22N4O5/c1-30-16-11-12-18(20(13-16)31-2)23-25-21(33-27-23)14-32-24(29)22-17-9-6-10-19(17)28(26-22)15-7-4-3-5-8-15/h3-5,7-8,11-13H,6,9-10,14H2,1-2H3. The van der Waals surface area contributed by atoms with Gasteiger partial charge in [0.25, 0.3) is 5.89 Å². The van der Waals surface area contributed by atoms with E-state index in [0.717, 1.165) is 36.2 Å². The first kappa shape index (κ1) is 20.7. The number of aromatic nitrogens is 4. The van der Waals surface area contributed by atoms with Crippen LogP contribution in [0, 0.1) is 0 Å². The predicted molar refractivity (Wildman–Crippen MR) is 118 cm³/mol. The fourth-order valence-electron chi connectivity index (χ4n) is 3.99. The summed E-state index contributed by atoms with van der Waals surface area (Å²) < 4.78 is 23.2. The molecule has 9 nitrogen and oxygen atoms in total. The molecular formula is C24H22N4O5. The van der Waals surface area contributed by atoms with Crippen molar-refractivity contribution in [1.82, 2.24) is 19.9 Å². The van der Waals surface area contributed by atoms with Gasteiger partial charge in [0.1, 0.15) is 11.5 Å². The van der Waals surface area contributed by atoms with E-state index in [1.54, 1.807) is 32.4 Å². The van der Waals surface area contributed by atoms with E-state index in [4.69, 9.17) is 18.7 Å². The second kappa shape index (κ2) is 8.78.